The van der Waals surface area contributed by atoms with Crippen LogP contribution >= 0.6 is 11.3 Å². The van der Waals surface area contributed by atoms with Gasteiger partial charge in [0.05, 0.1) is 17.4 Å². The average Bonchev–Trinajstić information content (AvgIpc) is 3.07. The molecule has 1 N–H and O–H groups in total. The molecule has 0 radical (unpaired) electrons. The molecule has 3 aromatic rings. The maximum Gasteiger partial charge on any atom is 0.338 e. The van der Waals surface area contributed by atoms with Gasteiger partial charge in [-0.2, -0.15) is 0 Å². The Morgan fingerprint density at radius 2 is 2.26 bits per heavy atom. The van der Waals surface area contributed by atoms with Gasteiger partial charge < -0.3 is 13.9 Å². The van der Waals surface area contributed by atoms with Gasteiger partial charge in [0.15, 0.2) is 5.76 Å². The second-order valence-electron chi connectivity index (χ2n) is 3.93. The molecule has 3 rings (SSSR count). The lowest BCUT2D eigenvalue weighted by atomic mass is 10.2. The first-order chi connectivity index (χ1) is 9.15. The number of aryl methyl sites for hydroxylation is 1. The van der Waals surface area contributed by atoms with Crippen LogP contribution in [0, 0.1) is 6.92 Å². The Kier molecular flexibility index (Phi) is 2.72. The zero-order valence-corrected chi connectivity index (χ0v) is 10.7. The summed E-state index contributed by atoms with van der Waals surface area (Å²) in [6, 6.07) is 3.31. The number of aromatic carboxylic acids is 1. The number of carboxylic acid groups (broad SMARTS) is 1. The van der Waals surface area contributed by atoms with E-state index in [-0.39, 0.29) is 5.56 Å². The van der Waals surface area contributed by atoms with E-state index < -0.39 is 5.97 Å². The van der Waals surface area contributed by atoms with Gasteiger partial charge in [0.25, 0.3) is 0 Å². The fraction of sp³-hybridized carbons (Fsp3) is 0.0769. The van der Waals surface area contributed by atoms with Crippen molar-refractivity contribution in [3.8, 4) is 22.0 Å². The zero-order valence-electron chi connectivity index (χ0n) is 9.91. The van der Waals surface area contributed by atoms with Crippen LogP contribution in [0.2, 0.25) is 0 Å². The van der Waals surface area contributed by atoms with E-state index in [1.54, 1.807) is 6.26 Å². The molecule has 19 heavy (non-hydrogen) atoms. The molecule has 0 aliphatic heterocycles. The highest BCUT2D eigenvalue weighted by Gasteiger charge is 2.14. The van der Waals surface area contributed by atoms with Gasteiger partial charge in [-0.15, -0.1) is 11.3 Å². The first-order valence-electron chi connectivity index (χ1n) is 5.47. The Morgan fingerprint density at radius 1 is 1.42 bits per heavy atom. The quantitative estimate of drug-likeness (QED) is 0.789. The summed E-state index contributed by atoms with van der Waals surface area (Å²) in [5.74, 6) is 0.226. The number of hydrogen-bond donors (Lipinski definition) is 1. The van der Waals surface area contributed by atoms with E-state index in [0.717, 1.165) is 16.3 Å². The Labute approximate surface area is 112 Å². The van der Waals surface area contributed by atoms with Gasteiger partial charge >= 0.3 is 5.97 Å². The van der Waals surface area contributed by atoms with Crippen LogP contribution in [0.3, 0.4) is 0 Å². The van der Waals surface area contributed by atoms with E-state index >= 15 is 0 Å². The van der Waals surface area contributed by atoms with Crippen LogP contribution < -0.4 is 0 Å². The molecule has 0 bridgehead atoms. The second-order valence-corrected chi connectivity index (χ2v) is 4.79. The maximum atomic E-state index is 10.8. The largest absolute Gasteiger partial charge is 0.478 e. The fourth-order valence-electron chi connectivity index (χ4n) is 1.70. The molecule has 0 aliphatic carbocycles. The number of furan rings is 2. The maximum absolute atomic E-state index is 10.8. The summed E-state index contributed by atoms with van der Waals surface area (Å²) in [7, 11) is 0. The van der Waals surface area contributed by atoms with E-state index in [0.29, 0.717) is 11.5 Å². The zero-order chi connectivity index (χ0) is 13.4. The second kappa shape index (κ2) is 4.40. The lowest BCUT2D eigenvalue weighted by molar-refractivity contribution is 0.0696. The van der Waals surface area contributed by atoms with E-state index in [9.17, 15) is 4.79 Å². The summed E-state index contributed by atoms with van der Waals surface area (Å²) in [4.78, 5) is 15.2. The molecular weight excluding hydrogens is 266 g/mol. The van der Waals surface area contributed by atoms with Crippen molar-refractivity contribution < 1.29 is 18.7 Å². The van der Waals surface area contributed by atoms with Crippen LogP contribution in [-0.2, 0) is 0 Å². The van der Waals surface area contributed by atoms with E-state index in [4.69, 9.17) is 13.9 Å². The van der Waals surface area contributed by atoms with Crippen LogP contribution in [0.4, 0.5) is 0 Å². The van der Waals surface area contributed by atoms with Gasteiger partial charge in [0.2, 0.25) is 0 Å². The van der Waals surface area contributed by atoms with E-state index in [1.165, 1.54) is 23.7 Å². The molecule has 96 valence electrons. The Morgan fingerprint density at radius 3 is 2.89 bits per heavy atom. The molecule has 6 heteroatoms. The predicted octanol–water partition coefficient (Wildman–Crippen LogP) is 3.67. The minimum absolute atomic E-state index is 0.115. The van der Waals surface area contributed by atoms with Crippen molar-refractivity contribution in [1.82, 2.24) is 4.98 Å². The van der Waals surface area contributed by atoms with Gasteiger partial charge in [0.1, 0.15) is 22.7 Å². The summed E-state index contributed by atoms with van der Waals surface area (Å²) >= 11 is 1.46. The molecule has 0 aliphatic rings. The molecule has 5 nitrogen and oxygen atoms in total. The number of carboxylic acids is 1. The number of thiazole rings is 1. The number of rotatable bonds is 3. The molecular formula is C13H9NO4S. The first kappa shape index (κ1) is 11.7. The summed E-state index contributed by atoms with van der Waals surface area (Å²) in [6.07, 6.45) is 2.82. The third-order valence-electron chi connectivity index (χ3n) is 2.69. The van der Waals surface area contributed by atoms with Gasteiger partial charge in [0, 0.05) is 11.4 Å². The molecule has 0 atom stereocenters. The standard InChI is InChI=1S/C13H9NO4S/c1-7-9(2-3-17-7)12-14-10(6-19-12)11-4-8(5-18-11)13(15)16/h2-6H,1H3,(H,15,16). The normalized spacial score (nSPS) is 10.8. The Balaban J connectivity index is 1.97. The highest BCUT2D eigenvalue weighted by Crippen LogP contribution is 2.31. The minimum atomic E-state index is -1.02. The molecule has 0 spiro atoms. The van der Waals surface area contributed by atoms with Crippen LogP contribution in [-0.4, -0.2) is 16.1 Å². The van der Waals surface area contributed by atoms with Crippen LogP contribution in [0.15, 0.2) is 38.9 Å². The Hall–Kier alpha value is -2.34. The summed E-state index contributed by atoms with van der Waals surface area (Å²) in [5.41, 5.74) is 1.67. The van der Waals surface area contributed by atoms with E-state index in [1.807, 2.05) is 18.4 Å². The SMILES string of the molecule is Cc1occc1-c1nc(-c2cc(C(=O)O)co2)cs1. The molecule has 0 saturated carbocycles. The number of carbonyl (C=O) groups is 1. The molecule has 3 aromatic heterocycles. The van der Waals surface area contributed by atoms with Gasteiger partial charge in [-0.05, 0) is 13.0 Å². The van der Waals surface area contributed by atoms with E-state index in [2.05, 4.69) is 4.98 Å². The number of nitrogens with zero attached hydrogens (tertiary/aromatic N) is 1. The van der Waals surface area contributed by atoms with Crippen LogP contribution in [0.1, 0.15) is 16.1 Å². The number of aromatic nitrogens is 1. The van der Waals surface area contributed by atoms with Crippen LogP contribution in [0.5, 0.6) is 0 Å². The van der Waals surface area contributed by atoms with Crippen molar-refractivity contribution in [3.63, 3.8) is 0 Å². The summed E-state index contributed by atoms with van der Waals surface area (Å²) in [6.45, 7) is 1.87. The average molecular weight is 275 g/mol. The van der Waals surface area contributed by atoms with Crippen molar-refractivity contribution in [3.05, 3.63) is 41.4 Å². The third-order valence-corrected chi connectivity index (χ3v) is 3.57. The molecule has 0 aromatic carbocycles. The predicted molar refractivity (Wildman–Crippen MR) is 69.2 cm³/mol. The number of hydrogen-bond acceptors (Lipinski definition) is 5. The molecule has 0 unspecified atom stereocenters. The third kappa shape index (κ3) is 2.06. The Bertz CT molecular complexity index is 737. The van der Waals surface area contributed by atoms with Gasteiger partial charge in [-0.3, -0.25) is 0 Å². The topological polar surface area (TPSA) is 76.5 Å². The molecule has 3 heterocycles. The molecule has 0 amide bonds. The van der Waals surface area contributed by atoms with Crippen molar-refractivity contribution in [2.24, 2.45) is 0 Å². The lowest BCUT2D eigenvalue weighted by Crippen LogP contribution is -1.91. The summed E-state index contributed by atoms with van der Waals surface area (Å²) < 4.78 is 10.4. The van der Waals surface area contributed by atoms with Crippen molar-refractivity contribution in [2.45, 2.75) is 6.92 Å². The fourth-order valence-corrected chi connectivity index (χ4v) is 2.58. The minimum Gasteiger partial charge on any atom is -0.478 e. The van der Waals surface area contributed by atoms with Gasteiger partial charge in [-0.25, -0.2) is 9.78 Å². The van der Waals surface area contributed by atoms with Crippen molar-refractivity contribution >= 4 is 17.3 Å². The van der Waals surface area contributed by atoms with Crippen molar-refractivity contribution in [2.75, 3.05) is 0 Å². The smallest absolute Gasteiger partial charge is 0.338 e. The van der Waals surface area contributed by atoms with Gasteiger partial charge in [-0.1, -0.05) is 0 Å². The van der Waals surface area contributed by atoms with Crippen LogP contribution in [0.25, 0.3) is 22.0 Å². The lowest BCUT2D eigenvalue weighted by Gasteiger charge is -1.91. The molecule has 0 fully saturated rings. The highest BCUT2D eigenvalue weighted by molar-refractivity contribution is 7.13. The monoisotopic (exact) mass is 275 g/mol. The van der Waals surface area contributed by atoms with Crippen molar-refractivity contribution in [1.29, 1.82) is 0 Å². The summed E-state index contributed by atoms with van der Waals surface area (Å²) in [5, 5.41) is 11.5. The highest BCUT2D eigenvalue weighted by atomic mass is 32.1. The first-order valence-corrected chi connectivity index (χ1v) is 6.35. The molecule has 0 saturated heterocycles.